The number of carbonyl (C=O) groups is 1. The lowest BCUT2D eigenvalue weighted by atomic mass is 10.2. The number of hydrogen-bond acceptors (Lipinski definition) is 4. The number of amides is 1. The molecule has 0 saturated carbocycles. The standard InChI is InChI=1S/C16H13Br2N3O2/c1-2-6-23-15-12(7-13(17)8-14(15)18)10-20-21-16(22)11-4-3-5-19-9-11/h2-5,7-10H,1,6H2,(H,21,22). The summed E-state index contributed by atoms with van der Waals surface area (Å²) >= 11 is 6.85. The van der Waals surface area contributed by atoms with E-state index in [2.05, 4.69) is 54.0 Å². The van der Waals surface area contributed by atoms with Crippen LogP contribution in [-0.4, -0.2) is 23.7 Å². The van der Waals surface area contributed by atoms with Crippen LogP contribution in [0.25, 0.3) is 0 Å². The molecular formula is C16H13Br2N3O2. The van der Waals surface area contributed by atoms with Gasteiger partial charge in [0.1, 0.15) is 12.4 Å². The summed E-state index contributed by atoms with van der Waals surface area (Å²) in [5, 5.41) is 3.97. The Morgan fingerprint density at radius 1 is 1.43 bits per heavy atom. The minimum absolute atomic E-state index is 0.336. The third kappa shape index (κ3) is 5.01. The van der Waals surface area contributed by atoms with Crippen molar-refractivity contribution in [1.82, 2.24) is 10.4 Å². The van der Waals surface area contributed by atoms with Crippen molar-refractivity contribution in [3.05, 3.63) is 69.4 Å². The number of hydrazone groups is 1. The highest BCUT2D eigenvalue weighted by molar-refractivity contribution is 9.11. The van der Waals surface area contributed by atoms with Crippen LogP contribution in [0, 0.1) is 0 Å². The molecule has 118 valence electrons. The van der Waals surface area contributed by atoms with Crippen molar-refractivity contribution in [3.63, 3.8) is 0 Å². The maximum absolute atomic E-state index is 11.9. The van der Waals surface area contributed by atoms with Crippen LogP contribution in [0.3, 0.4) is 0 Å². The van der Waals surface area contributed by atoms with Crippen molar-refractivity contribution in [3.8, 4) is 5.75 Å². The maximum Gasteiger partial charge on any atom is 0.272 e. The normalized spacial score (nSPS) is 10.5. The van der Waals surface area contributed by atoms with E-state index in [-0.39, 0.29) is 5.91 Å². The van der Waals surface area contributed by atoms with Gasteiger partial charge in [0.15, 0.2) is 0 Å². The molecule has 2 aromatic rings. The van der Waals surface area contributed by atoms with Crippen LogP contribution in [0.1, 0.15) is 15.9 Å². The van der Waals surface area contributed by atoms with Crippen LogP contribution in [0.15, 0.2) is 63.4 Å². The molecule has 0 bridgehead atoms. The minimum atomic E-state index is -0.336. The van der Waals surface area contributed by atoms with Crippen molar-refractivity contribution >= 4 is 44.0 Å². The number of rotatable bonds is 6. The third-order valence-corrected chi connectivity index (χ3v) is 3.72. The molecule has 0 radical (unpaired) electrons. The average molecular weight is 439 g/mol. The Bertz CT molecular complexity index is 734. The molecule has 5 nitrogen and oxygen atoms in total. The number of aromatic nitrogens is 1. The molecule has 1 aromatic carbocycles. The van der Waals surface area contributed by atoms with Gasteiger partial charge < -0.3 is 4.74 Å². The predicted octanol–water partition coefficient (Wildman–Crippen LogP) is 3.94. The summed E-state index contributed by atoms with van der Waals surface area (Å²) < 4.78 is 7.24. The summed E-state index contributed by atoms with van der Waals surface area (Å²) in [6, 6.07) is 7.05. The molecule has 1 heterocycles. The van der Waals surface area contributed by atoms with Crippen LogP contribution in [-0.2, 0) is 0 Å². The zero-order valence-corrected chi connectivity index (χ0v) is 15.2. The van der Waals surface area contributed by atoms with E-state index in [9.17, 15) is 4.79 Å². The SMILES string of the molecule is C=CCOc1c(Br)cc(Br)cc1C=NNC(=O)c1cccnc1. The topological polar surface area (TPSA) is 63.6 Å². The molecule has 1 amide bonds. The Labute approximate surface area is 150 Å². The van der Waals surface area contributed by atoms with Gasteiger partial charge in [-0.05, 0) is 40.2 Å². The van der Waals surface area contributed by atoms with Crippen LogP contribution >= 0.6 is 31.9 Å². The first-order valence-electron chi connectivity index (χ1n) is 6.58. The third-order valence-electron chi connectivity index (χ3n) is 2.68. The van der Waals surface area contributed by atoms with E-state index in [0.29, 0.717) is 23.5 Å². The summed E-state index contributed by atoms with van der Waals surface area (Å²) in [6.07, 6.45) is 6.24. The smallest absolute Gasteiger partial charge is 0.272 e. The summed E-state index contributed by atoms with van der Waals surface area (Å²) in [5.74, 6) is 0.282. The lowest BCUT2D eigenvalue weighted by Gasteiger charge is -2.10. The van der Waals surface area contributed by atoms with Gasteiger partial charge in [-0.15, -0.1) is 0 Å². The largest absolute Gasteiger partial charge is 0.488 e. The highest BCUT2D eigenvalue weighted by Gasteiger charge is 2.09. The number of ether oxygens (including phenoxy) is 1. The fourth-order valence-electron chi connectivity index (χ4n) is 1.69. The summed E-state index contributed by atoms with van der Waals surface area (Å²) in [7, 11) is 0. The quantitative estimate of drug-likeness (QED) is 0.422. The maximum atomic E-state index is 11.9. The van der Waals surface area contributed by atoms with Gasteiger partial charge in [-0.3, -0.25) is 9.78 Å². The van der Waals surface area contributed by atoms with Gasteiger partial charge in [-0.25, -0.2) is 5.43 Å². The van der Waals surface area contributed by atoms with E-state index in [1.54, 1.807) is 24.4 Å². The van der Waals surface area contributed by atoms with E-state index >= 15 is 0 Å². The van der Waals surface area contributed by atoms with E-state index in [4.69, 9.17) is 4.74 Å². The zero-order chi connectivity index (χ0) is 16.7. The summed E-state index contributed by atoms with van der Waals surface area (Å²) in [6.45, 7) is 3.99. The van der Waals surface area contributed by atoms with E-state index in [1.165, 1.54) is 12.4 Å². The van der Waals surface area contributed by atoms with E-state index in [0.717, 1.165) is 8.95 Å². The van der Waals surface area contributed by atoms with Crippen molar-refractivity contribution in [1.29, 1.82) is 0 Å². The second kappa shape index (κ2) is 8.59. The first-order valence-corrected chi connectivity index (χ1v) is 8.16. The Morgan fingerprint density at radius 3 is 2.96 bits per heavy atom. The number of halogens is 2. The summed E-state index contributed by atoms with van der Waals surface area (Å²) in [5.41, 5.74) is 3.60. The second-order valence-electron chi connectivity index (χ2n) is 4.35. The molecule has 0 aliphatic carbocycles. The average Bonchev–Trinajstić information content (AvgIpc) is 2.54. The number of hydrogen-bond donors (Lipinski definition) is 1. The lowest BCUT2D eigenvalue weighted by Crippen LogP contribution is -2.17. The molecule has 0 spiro atoms. The van der Waals surface area contributed by atoms with Gasteiger partial charge in [-0.2, -0.15) is 5.10 Å². The number of benzene rings is 1. The molecule has 7 heteroatoms. The molecular weight excluding hydrogens is 426 g/mol. The van der Waals surface area contributed by atoms with Gasteiger partial charge in [0, 0.05) is 22.4 Å². The van der Waals surface area contributed by atoms with Crippen molar-refractivity contribution in [2.45, 2.75) is 0 Å². The van der Waals surface area contributed by atoms with Crippen molar-refractivity contribution in [2.75, 3.05) is 6.61 Å². The number of nitrogens with zero attached hydrogens (tertiary/aromatic N) is 2. The van der Waals surface area contributed by atoms with E-state index in [1.807, 2.05) is 12.1 Å². The van der Waals surface area contributed by atoms with E-state index < -0.39 is 0 Å². The van der Waals surface area contributed by atoms with Gasteiger partial charge in [0.25, 0.3) is 5.91 Å². The fourth-order valence-corrected chi connectivity index (χ4v) is 3.07. The molecule has 2 rings (SSSR count). The highest BCUT2D eigenvalue weighted by Crippen LogP contribution is 2.32. The van der Waals surface area contributed by atoms with Gasteiger partial charge in [-0.1, -0.05) is 28.6 Å². The van der Waals surface area contributed by atoms with Crippen LogP contribution < -0.4 is 10.2 Å². The van der Waals surface area contributed by atoms with Crippen LogP contribution in [0.5, 0.6) is 5.75 Å². The van der Waals surface area contributed by atoms with Gasteiger partial charge >= 0.3 is 0 Å². The first kappa shape index (κ1) is 17.4. The summed E-state index contributed by atoms with van der Waals surface area (Å²) in [4.78, 5) is 15.8. The molecule has 0 saturated heterocycles. The molecule has 1 aromatic heterocycles. The molecule has 0 aliphatic rings. The molecule has 1 N–H and O–H groups in total. The molecule has 0 unspecified atom stereocenters. The molecule has 0 fully saturated rings. The predicted molar refractivity (Wildman–Crippen MR) is 96.8 cm³/mol. The fraction of sp³-hybridized carbons (Fsp3) is 0.0625. The van der Waals surface area contributed by atoms with Crippen LogP contribution in [0.4, 0.5) is 0 Å². The number of nitrogens with one attached hydrogen (secondary N) is 1. The monoisotopic (exact) mass is 437 g/mol. The lowest BCUT2D eigenvalue weighted by molar-refractivity contribution is 0.0955. The molecule has 23 heavy (non-hydrogen) atoms. The zero-order valence-electron chi connectivity index (χ0n) is 12.0. The van der Waals surface area contributed by atoms with Crippen LogP contribution in [0.2, 0.25) is 0 Å². The Balaban J connectivity index is 2.15. The number of carbonyl (C=O) groups excluding carboxylic acids is 1. The van der Waals surface area contributed by atoms with Crippen molar-refractivity contribution < 1.29 is 9.53 Å². The molecule has 0 aliphatic heterocycles. The van der Waals surface area contributed by atoms with Gasteiger partial charge in [0.05, 0.1) is 16.3 Å². The molecule has 0 atom stereocenters. The minimum Gasteiger partial charge on any atom is -0.488 e. The highest BCUT2D eigenvalue weighted by atomic mass is 79.9. The van der Waals surface area contributed by atoms with Crippen molar-refractivity contribution in [2.24, 2.45) is 5.10 Å². The Kier molecular flexibility index (Phi) is 6.49. The first-order chi connectivity index (χ1) is 11.1. The number of pyridine rings is 1. The second-order valence-corrected chi connectivity index (χ2v) is 6.12. The van der Waals surface area contributed by atoms with Gasteiger partial charge in [0.2, 0.25) is 0 Å². The Hall–Kier alpha value is -1.99. The Morgan fingerprint density at radius 2 is 2.26 bits per heavy atom.